The summed E-state index contributed by atoms with van der Waals surface area (Å²) in [4.78, 5) is 17.6. The van der Waals surface area contributed by atoms with E-state index in [1.54, 1.807) is 12.3 Å². The van der Waals surface area contributed by atoms with Gasteiger partial charge >= 0.3 is 0 Å². The maximum Gasteiger partial charge on any atom is 0.258 e. The second-order valence-corrected chi connectivity index (χ2v) is 4.82. The second-order valence-electron chi connectivity index (χ2n) is 3.53. The Kier molecular flexibility index (Phi) is 2.09. The Hall–Kier alpha value is -1.26. The van der Waals surface area contributed by atoms with E-state index in [-0.39, 0.29) is 5.56 Å². The topological polar surface area (TPSA) is 48.6 Å². The van der Waals surface area contributed by atoms with Crippen LogP contribution in [0.2, 0.25) is 5.02 Å². The molecule has 0 aliphatic carbocycles. The lowest BCUT2D eigenvalue weighted by Crippen LogP contribution is -2.03. The van der Waals surface area contributed by atoms with Gasteiger partial charge in [0.25, 0.3) is 5.56 Å². The van der Waals surface area contributed by atoms with Gasteiger partial charge < -0.3 is 9.97 Å². The highest BCUT2D eigenvalue weighted by molar-refractivity contribution is 9.10. The highest BCUT2D eigenvalue weighted by Crippen LogP contribution is 2.28. The van der Waals surface area contributed by atoms with E-state index in [0.717, 1.165) is 20.9 Å². The molecule has 3 nitrogen and oxygen atoms in total. The first-order valence-corrected chi connectivity index (χ1v) is 5.82. The number of H-pyrrole nitrogens is 2. The summed E-state index contributed by atoms with van der Waals surface area (Å²) in [6, 6.07) is 5.43. The van der Waals surface area contributed by atoms with Crippen molar-refractivity contribution in [3.05, 3.63) is 44.2 Å². The third kappa shape index (κ3) is 1.30. The zero-order valence-electron chi connectivity index (χ0n) is 7.97. The highest BCUT2D eigenvalue weighted by atomic mass is 79.9. The predicted octanol–water partition coefficient (Wildman–Crippen LogP) is 3.43. The molecule has 0 radical (unpaired) electrons. The van der Waals surface area contributed by atoms with E-state index >= 15 is 0 Å². The van der Waals surface area contributed by atoms with Crippen molar-refractivity contribution < 1.29 is 0 Å². The van der Waals surface area contributed by atoms with E-state index in [2.05, 4.69) is 25.9 Å². The van der Waals surface area contributed by atoms with Gasteiger partial charge in [0.1, 0.15) is 0 Å². The van der Waals surface area contributed by atoms with Crippen molar-refractivity contribution in [2.45, 2.75) is 0 Å². The minimum Gasteiger partial charge on any atom is -0.353 e. The quantitative estimate of drug-likeness (QED) is 0.656. The van der Waals surface area contributed by atoms with Crippen molar-refractivity contribution in [1.29, 1.82) is 0 Å². The van der Waals surface area contributed by atoms with Crippen LogP contribution >= 0.6 is 27.5 Å². The van der Waals surface area contributed by atoms with E-state index in [4.69, 9.17) is 11.6 Å². The van der Waals surface area contributed by atoms with Crippen LogP contribution in [0, 0.1) is 0 Å². The van der Waals surface area contributed by atoms with Crippen molar-refractivity contribution >= 4 is 49.3 Å². The van der Waals surface area contributed by atoms with E-state index in [0.29, 0.717) is 10.4 Å². The van der Waals surface area contributed by atoms with Gasteiger partial charge in [-0.25, -0.2) is 0 Å². The number of aromatic nitrogens is 2. The normalized spacial score (nSPS) is 11.4. The SMILES string of the molecule is O=c1[nH]cc(Br)c2[nH]c3cc(Cl)ccc3c12. The van der Waals surface area contributed by atoms with Crippen LogP contribution in [0.3, 0.4) is 0 Å². The molecule has 3 rings (SSSR count). The Labute approximate surface area is 104 Å². The summed E-state index contributed by atoms with van der Waals surface area (Å²) in [6.07, 6.45) is 1.63. The lowest BCUT2D eigenvalue weighted by atomic mass is 10.2. The summed E-state index contributed by atoms with van der Waals surface area (Å²) in [5.74, 6) is 0. The number of hydrogen-bond donors (Lipinski definition) is 2. The minimum atomic E-state index is -0.105. The molecule has 0 spiro atoms. The maximum atomic E-state index is 11.8. The molecule has 2 aromatic heterocycles. The predicted molar refractivity (Wildman–Crippen MR) is 69.1 cm³/mol. The molecule has 2 heterocycles. The molecule has 0 fully saturated rings. The Morgan fingerprint density at radius 2 is 2.12 bits per heavy atom. The third-order valence-electron chi connectivity index (χ3n) is 2.56. The van der Waals surface area contributed by atoms with Gasteiger partial charge in [-0.1, -0.05) is 17.7 Å². The molecule has 0 amide bonds. The number of nitrogens with one attached hydrogen (secondary N) is 2. The fraction of sp³-hybridized carbons (Fsp3) is 0. The van der Waals surface area contributed by atoms with Crippen LogP contribution in [0.4, 0.5) is 0 Å². The molecule has 3 aromatic rings. The number of fused-ring (bicyclic) bond motifs is 3. The molecule has 0 unspecified atom stereocenters. The monoisotopic (exact) mass is 296 g/mol. The third-order valence-corrected chi connectivity index (χ3v) is 3.42. The molecule has 1 aromatic carbocycles. The molecule has 0 bridgehead atoms. The average Bonchev–Trinajstić information content (AvgIpc) is 2.63. The number of pyridine rings is 1. The molecule has 2 N–H and O–H groups in total. The first-order chi connectivity index (χ1) is 7.66. The van der Waals surface area contributed by atoms with Crippen molar-refractivity contribution in [1.82, 2.24) is 9.97 Å². The molecule has 0 aliphatic heterocycles. The number of rotatable bonds is 0. The van der Waals surface area contributed by atoms with Gasteiger partial charge in [-0.15, -0.1) is 0 Å². The summed E-state index contributed by atoms with van der Waals surface area (Å²) in [7, 11) is 0. The standard InChI is InChI=1S/C11H6BrClN2O/c12-7-4-14-11(16)9-6-2-1-5(13)3-8(6)15-10(7)9/h1-4,15H,(H,14,16). The van der Waals surface area contributed by atoms with Gasteiger partial charge in [-0.3, -0.25) is 4.79 Å². The molecular formula is C11H6BrClN2O. The Bertz CT molecular complexity index is 760. The number of benzene rings is 1. The number of aromatic amines is 2. The van der Waals surface area contributed by atoms with Crippen LogP contribution in [-0.2, 0) is 0 Å². The van der Waals surface area contributed by atoms with E-state index < -0.39 is 0 Å². The first-order valence-electron chi connectivity index (χ1n) is 4.65. The second kappa shape index (κ2) is 3.37. The van der Waals surface area contributed by atoms with Crippen LogP contribution in [-0.4, -0.2) is 9.97 Å². The summed E-state index contributed by atoms with van der Waals surface area (Å²) in [6.45, 7) is 0. The van der Waals surface area contributed by atoms with Crippen molar-refractivity contribution in [3.8, 4) is 0 Å². The minimum absolute atomic E-state index is 0.105. The molecule has 16 heavy (non-hydrogen) atoms. The average molecular weight is 298 g/mol. The van der Waals surface area contributed by atoms with E-state index in [1.807, 2.05) is 12.1 Å². The molecular weight excluding hydrogens is 291 g/mol. The maximum absolute atomic E-state index is 11.8. The van der Waals surface area contributed by atoms with E-state index in [9.17, 15) is 4.79 Å². The first kappa shape index (κ1) is 9.93. The van der Waals surface area contributed by atoms with E-state index in [1.165, 1.54) is 0 Å². The van der Waals surface area contributed by atoms with Crippen LogP contribution in [0.15, 0.2) is 33.7 Å². The van der Waals surface area contributed by atoms with Crippen molar-refractivity contribution in [2.24, 2.45) is 0 Å². The van der Waals surface area contributed by atoms with Crippen LogP contribution in [0.1, 0.15) is 0 Å². The molecule has 0 atom stereocenters. The molecule has 0 saturated heterocycles. The summed E-state index contributed by atoms with van der Waals surface area (Å²) >= 11 is 9.30. The summed E-state index contributed by atoms with van der Waals surface area (Å²) in [5, 5.41) is 2.18. The fourth-order valence-corrected chi connectivity index (χ4v) is 2.44. The van der Waals surface area contributed by atoms with Gasteiger partial charge in [0, 0.05) is 22.1 Å². The zero-order chi connectivity index (χ0) is 11.3. The molecule has 80 valence electrons. The smallest absolute Gasteiger partial charge is 0.258 e. The van der Waals surface area contributed by atoms with Gasteiger partial charge in [-0.05, 0) is 28.1 Å². The Balaban J connectivity index is 2.66. The van der Waals surface area contributed by atoms with Gasteiger partial charge in [-0.2, -0.15) is 0 Å². The highest BCUT2D eigenvalue weighted by Gasteiger charge is 2.10. The summed E-state index contributed by atoms with van der Waals surface area (Å²) < 4.78 is 0.828. The molecule has 0 saturated carbocycles. The molecule has 5 heteroatoms. The lowest BCUT2D eigenvalue weighted by Gasteiger charge is -1.92. The number of halogens is 2. The largest absolute Gasteiger partial charge is 0.353 e. The fourth-order valence-electron chi connectivity index (χ4n) is 1.86. The zero-order valence-corrected chi connectivity index (χ0v) is 10.3. The van der Waals surface area contributed by atoms with Gasteiger partial charge in [0.2, 0.25) is 0 Å². The lowest BCUT2D eigenvalue weighted by molar-refractivity contribution is 1.26. The Morgan fingerprint density at radius 1 is 1.31 bits per heavy atom. The van der Waals surface area contributed by atoms with Crippen LogP contribution < -0.4 is 5.56 Å². The van der Waals surface area contributed by atoms with Crippen molar-refractivity contribution in [3.63, 3.8) is 0 Å². The summed E-state index contributed by atoms with van der Waals surface area (Å²) in [5.41, 5.74) is 1.55. The van der Waals surface area contributed by atoms with Gasteiger partial charge in [0.05, 0.1) is 15.4 Å². The van der Waals surface area contributed by atoms with Gasteiger partial charge in [0.15, 0.2) is 0 Å². The van der Waals surface area contributed by atoms with Crippen molar-refractivity contribution in [2.75, 3.05) is 0 Å². The van der Waals surface area contributed by atoms with Crippen LogP contribution in [0.25, 0.3) is 21.8 Å². The Morgan fingerprint density at radius 3 is 2.94 bits per heavy atom. The number of hydrogen-bond acceptors (Lipinski definition) is 1. The van der Waals surface area contributed by atoms with Crippen LogP contribution in [0.5, 0.6) is 0 Å². The molecule has 0 aliphatic rings.